The summed E-state index contributed by atoms with van der Waals surface area (Å²) in [7, 11) is 0. The minimum atomic E-state index is -0.403. The summed E-state index contributed by atoms with van der Waals surface area (Å²) in [6.45, 7) is 1.76. The highest BCUT2D eigenvalue weighted by molar-refractivity contribution is 7.12. The first-order chi connectivity index (χ1) is 13.4. The lowest BCUT2D eigenvalue weighted by Gasteiger charge is -2.07. The van der Waals surface area contributed by atoms with Crippen LogP contribution in [-0.2, 0) is 0 Å². The predicted molar refractivity (Wildman–Crippen MR) is 115 cm³/mol. The number of rotatable bonds is 5. The van der Waals surface area contributed by atoms with Gasteiger partial charge in [-0.05, 0) is 54.3 Å². The zero-order chi connectivity index (χ0) is 20.1. The zero-order valence-corrected chi connectivity index (χ0v) is 17.0. The molecule has 5 nitrogen and oxygen atoms in total. The summed E-state index contributed by atoms with van der Waals surface area (Å²) in [5.74, 6) is -0.574. The van der Waals surface area contributed by atoms with Crippen molar-refractivity contribution in [3.8, 4) is 0 Å². The van der Waals surface area contributed by atoms with E-state index in [0.717, 1.165) is 5.56 Å². The Bertz CT molecular complexity index is 1050. The molecule has 0 saturated carbocycles. The molecule has 1 aromatic heterocycles. The van der Waals surface area contributed by atoms with Gasteiger partial charge in [-0.2, -0.15) is 5.10 Å². The van der Waals surface area contributed by atoms with Crippen molar-refractivity contribution in [1.29, 1.82) is 0 Å². The molecule has 3 rings (SSSR count). The largest absolute Gasteiger partial charge is 0.321 e. The highest BCUT2D eigenvalue weighted by Crippen LogP contribution is 2.22. The van der Waals surface area contributed by atoms with Gasteiger partial charge in [-0.3, -0.25) is 9.59 Å². The first kappa shape index (κ1) is 20.1. The molecule has 0 saturated heterocycles. The SMILES string of the molecule is C/C(=N\NC(=O)c1ccc(Cl)c(Cl)c1)c1cccc(NC(=O)c2cccs2)c1. The van der Waals surface area contributed by atoms with E-state index in [0.29, 0.717) is 31.9 Å². The molecule has 28 heavy (non-hydrogen) atoms. The molecule has 0 aliphatic heterocycles. The molecule has 0 aliphatic rings. The number of benzene rings is 2. The molecule has 0 spiro atoms. The molecule has 0 bridgehead atoms. The summed E-state index contributed by atoms with van der Waals surface area (Å²) in [5.41, 5.74) is 4.82. The molecule has 0 aliphatic carbocycles. The van der Waals surface area contributed by atoms with Gasteiger partial charge in [0.1, 0.15) is 0 Å². The van der Waals surface area contributed by atoms with E-state index >= 15 is 0 Å². The Morgan fingerprint density at radius 2 is 1.75 bits per heavy atom. The number of anilines is 1. The second-order valence-electron chi connectivity index (χ2n) is 5.78. The molecule has 142 valence electrons. The van der Waals surface area contributed by atoms with Gasteiger partial charge in [0, 0.05) is 11.3 Å². The van der Waals surface area contributed by atoms with Gasteiger partial charge >= 0.3 is 0 Å². The van der Waals surface area contributed by atoms with Crippen LogP contribution in [0, 0.1) is 0 Å². The maximum atomic E-state index is 12.2. The average Bonchev–Trinajstić information content (AvgIpc) is 3.23. The van der Waals surface area contributed by atoms with E-state index in [4.69, 9.17) is 23.2 Å². The summed E-state index contributed by atoms with van der Waals surface area (Å²) in [6.07, 6.45) is 0. The van der Waals surface area contributed by atoms with Crippen LogP contribution in [-0.4, -0.2) is 17.5 Å². The number of amides is 2. The number of thiophene rings is 1. The van der Waals surface area contributed by atoms with Crippen molar-refractivity contribution in [2.75, 3.05) is 5.32 Å². The van der Waals surface area contributed by atoms with Crippen LogP contribution in [0.2, 0.25) is 10.0 Å². The zero-order valence-electron chi connectivity index (χ0n) is 14.7. The van der Waals surface area contributed by atoms with Gasteiger partial charge in [0.2, 0.25) is 0 Å². The molecule has 0 fully saturated rings. The minimum absolute atomic E-state index is 0.172. The van der Waals surface area contributed by atoms with Crippen molar-refractivity contribution in [3.05, 3.63) is 86.0 Å². The quantitative estimate of drug-likeness (QED) is 0.415. The van der Waals surface area contributed by atoms with E-state index in [9.17, 15) is 9.59 Å². The summed E-state index contributed by atoms with van der Waals surface area (Å²) in [5, 5.41) is 9.48. The van der Waals surface area contributed by atoms with Crippen molar-refractivity contribution in [2.45, 2.75) is 6.92 Å². The molecule has 1 heterocycles. The summed E-state index contributed by atoms with van der Waals surface area (Å²) < 4.78 is 0. The van der Waals surface area contributed by atoms with Crippen molar-refractivity contribution in [2.24, 2.45) is 5.10 Å². The van der Waals surface area contributed by atoms with Gasteiger partial charge in [0.25, 0.3) is 11.8 Å². The molecule has 2 aromatic carbocycles. The van der Waals surface area contributed by atoms with Gasteiger partial charge in [0.15, 0.2) is 0 Å². The molecule has 0 unspecified atom stereocenters. The first-order valence-corrected chi connectivity index (χ1v) is 9.82. The smallest absolute Gasteiger partial charge is 0.271 e. The summed E-state index contributed by atoms with van der Waals surface area (Å²) in [4.78, 5) is 25.0. The molecular weight excluding hydrogens is 417 g/mol. The molecule has 3 aromatic rings. The van der Waals surface area contributed by atoms with Gasteiger partial charge in [-0.15, -0.1) is 11.3 Å². The Labute approximate surface area is 176 Å². The van der Waals surface area contributed by atoms with Crippen molar-refractivity contribution < 1.29 is 9.59 Å². The van der Waals surface area contributed by atoms with Crippen LogP contribution >= 0.6 is 34.5 Å². The van der Waals surface area contributed by atoms with E-state index in [-0.39, 0.29) is 5.91 Å². The molecule has 2 N–H and O–H groups in total. The van der Waals surface area contributed by atoms with E-state index < -0.39 is 5.91 Å². The average molecular weight is 432 g/mol. The van der Waals surface area contributed by atoms with E-state index in [1.807, 2.05) is 17.5 Å². The lowest BCUT2D eigenvalue weighted by molar-refractivity contribution is 0.0954. The third kappa shape index (κ3) is 4.98. The van der Waals surface area contributed by atoms with Gasteiger partial charge in [-0.1, -0.05) is 41.4 Å². The lowest BCUT2D eigenvalue weighted by atomic mass is 10.1. The predicted octanol–water partition coefficient (Wildman–Crippen LogP) is 5.46. The molecule has 2 amide bonds. The Balaban J connectivity index is 1.69. The highest BCUT2D eigenvalue weighted by atomic mass is 35.5. The number of hydrogen-bond acceptors (Lipinski definition) is 4. The van der Waals surface area contributed by atoms with Crippen molar-refractivity contribution >= 4 is 57.8 Å². The first-order valence-electron chi connectivity index (χ1n) is 8.19. The van der Waals surface area contributed by atoms with Crippen LogP contribution in [0.1, 0.15) is 32.5 Å². The third-order valence-corrected chi connectivity index (χ3v) is 5.40. The van der Waals surface area contributed by atoms with E-state index in [1.54, 1.807) is 43.3 Å². The molecule has 0 radical (unpaired) electrons. The third-order valence-electron chi connectivity index (χ3n) is 3.79. The second kappa shape index (κ2) is 9.01. The van der Waals surface area contributed by atoms with Crippen molar-refractivity contribution in [1.82, 2.24) is 5.43 Å². The van der Waals surface area contributed by atoms with Crippen LogP contribution in [0.15, 0.2) is 65.1 Å². The molecule has 8 heteroatoms. The number of hydrazone groups is 1. The van der Waals surface area contributed by atoms with E-state index in [1.165, 1.54) is 17.4 Å². The van der Waals surface area contributed by atoms with Crippen LogP contribution in [0.5, 0.6) is 0 Å². The van der Waals surface area contributed by atoms with Crippen LogP contribution in [0.3, 0.4) is 0 Å². The molecule has 0 atom stereocenters. The molecular formula is C20H15Cl2N3O2S. The Morgan fingerprint density at radius 1 is 0.929 bits per heavy atom. The Kier molecular flexibility index (Phi) is 6.46. The number of carbonyl (C=O) groups is 2. The van der Waals surface area contributed by atoms with Gasteiger partial charge < -0.3 is 5.32 Å². The number of hydrogen-bond donors (Lipinski definition) is 2. The highest BCUT2D eigenvalue weighted by Gasteiger charge is 2.09. The second-order valence-corrected chi connectivity index (χ2v) is 7.54. The number of nitrogens with one attached hydrogen (secondary N) is 2. The van der Waals surface area contributed by atoms with Crippen LogP contribution < -0.4 is 10.7 Å². The van der Waals surface area contributed by atoms with Crippen LogP contribution in [0.25, 0.3) is 0 Å². The fraction of sp³-hybridized carbons (Fsp3) is 0.0500. The Morgan fingerprint density at radius 3 is 2.46 bits per heavy atom. The number of halogens is 2. The summed E-state index contributed by atoms with van der Waals surface area (Å²) in [6, 6.07) is 15.4. The maximum Gasteiger partial charge on any atom is 0.271 e. The van der Waals surface area contributed by atoms with Gasteiger partial charge in [0.05, 0.1) is 20.6 Å². The van der Waals surface area contributed by atoms with Crippen molar-refractivity contribution in [3.63, 3.8) is 0 Å². The topological polar surface area (TPSA) is 70.6 Å². The van der Waals surface area contributed by atoms with E-state index in [2.05, 4.69) is 15.8 Å². The lowest BCUT2D eigenvalue weighted by Crippen LogP contribution is -2.19. The Hall–Kier alpha value is -2.67. The fourth-order valence-electron chi connectivity index (χ4n) is 2.32. The fourth-order valence-corrected chi connectivity index (χ4v) is 3.24. The minimum Gasteiger partial charge on any atom is -0.321 e. The maximum absolute atomic E-state index is 12.2. The van der Waals surface area contributed by atoms with Crippen LogP contribution in [0.4, 0.5) is 5.69 Å². The normalized spacial score (nSPS) is 11.2. The number of carbonyl (C=O) groups excluding carboxylic acids is 2. The van der Waals surface area contributed by atoms with Gasteiger partial charge in [-0.25, -0.2) is 5.43 Å². The summed E-state index contributed by atoms with van der Waals surface area (Å²) >= 11 is 13.2. The monoisotopic (exact) mass is 431 g/mol. The standard InChI is InChI=1S/C20H15Cl2N3O2S/c1-12(24-25-19(26)14-7-8-16(21)17(22)11-14)13-4-2-5-15(10-13)23-20(27)18-6-3-9-28-18/h2-11H,1H3,(H,23,27)(H,25,26)/b24-12+. The number of nitrogens with zero attached hydrogens (tertiary/aromatic N) is 1.